The van der Waals surface area contributed by atoms with Gasteiger partial charge < -0.3 is 13.8 Å². The molecule has 0 atom stereocenters. The minimum absolute atomic E-state index is 0.558. The first-order valence-corrected chi connectivity index (χ1v) is 18.2. The lowest BCUT2D eigenvalue weighted by Crippen LogP contribution is -1.97. The van der Waals surface area contributed by atoms with Crippen LogP contribution >= 0.6 is 0 Å². The van der Waals surface area contributed by atoms with Crippen LogP contribution in [-0.2, 0) is 0 Å². The van der Waals surface area contributed by atoms with Crippen LogP contribution in [0.4, 0.5) is 0 Å². The molecule has 7 aromatic carbocycles. The molecule has 0 radical (unpaired) electrons. The van der Waals surface area contributed by atoms with Crippen molar-refractivity contribution in [2.75, 3.05) is 0 Å². The van der Waals surface area contributed by atoms with Crippen molar-refractivity contribution in [3.8, 4) is 67.4 Å². The average molecular weight is 707 g/mol. The number of para-hydroxylation sites is 4. The number of furan rings is 2. The quantitative estimate of drug-likeness (QED) is 0.186. The minimum Gasteiger partial charge on any atom is -0.455 e. The largest absolute Gasteiger partial charge is 0.455 e. The predicted molar refractivity (Wildman–Crippen MR) is 221 cm³/mol. The molecule has 55 heavy (non-hydrogen) atoms. The molecule has 6 nitrogen and oxygen atoms in total. The van der Waals surface area contributed by atoms with Crippen LogP contribution in [0.3, 0.4) is 0 Å². The molecule has 4 aromatic heterocycles. The lowest BCUT2D eigenvalue weighted by molar-refractivity contribution is 0.670. The smallest absolute Gasteiger partial charge is 0.178 e. The second-order valence-electron chi connectivity index (χ2n) is 13.7. The number of aromatic nitrogens is 4. The molecule has 0 saturated carbocycles. The standard InChI is InChI=1S/C49H30N4O2/c1-2-10-30(11-3-1)31-20-22-32(23-21-31)42-27-43(53-49(52-42)44-28-50-29-51-44)35-25-33(36-14-8-16-40-38-12-4-6-18-45(38)54-47(36)40)24-34(26-35)37-15-9-17-41-39-13-5-7-19-46(39)55-48(37)41/h1-29H,(H,50,51). The third-order valence-corrected chi connectivity index (χ3v) is 10.4. The number of benzene rings is 7. The van der Waals surface area contributed by atoms with Gasteiger partial charge in [-0.25, -0.2) is 15.0 Å². The van der Waals surface area contributed by atoms with Gasteiger partial charge in [0.1, 0.15) is 28.0 Å². The summed E-state index contributed by atoms with van der Waals surface area (Å²) in [4.78, 5) is 17.7. The van der Waals surface area contributed by atoms with Crippen LogP contribution in [0.5, 0.6) is 0 Å². The van der Waals surface area contributed by atoms with Gasteiger partial charge in [-0.1, -0.05) is 127 Å². The Bertz CT molecular complexity index is 3060. The Hall–Kier alpha value is -7.57. The number of aromatic amines is 1. The number of rotatable bonds is 6. The van der Waals surface area contributed by atoms with E-state index in [4.69, 9.17) is 18.8 Å². The van der Waals surface area contributed by atoms with Gasteiger partial charge in [-0.15, -0.1) is 0 Å². The van der Waals surface area contributed by atoms with Crippen molar-refractivity contribution in [3.05, 3.63) is 176 Å². The van der Waals surface area contributed by atoms with Gasteiger partial charge in [0.05, 0.1) is 23.9 Å². The molecular formula is C49H30N4O2. The summed E-state index contributed by atoms with van der Waals surface area (Å²) in [5.74, 6) is 0.558. The van der Waals surface area contributed by atoms with E-state index in [2.05, 4.69) is 143 Å². The van der Waals surface area contributed by atoms with Crippen molar-refractivity contribution in [1.29, 1.82) is 0 Å². The van der Waals surface area contributed by atoms with Gasteiger partial charge in [-0.3, -0.25) is 0 Å². The van der Waals surface area contributed by atoms with E-state index >= 15 is 0 Å². The molecule has 0 unspecified atom stereocenters. The molecular weight excluding hydrogens is 677 g/mol. The SMILES string of the molecule is c1ccc(-c2ccc(-c3cc(-c4cc(-c5cccc6c5oc5ccccc56)cc(-c5cccc6c5oc5ccccc56)c4)nc(-c4cnc[nH]4)n3)cc2)cc1. The van der Waals surface area contributed by atoms with Crippen LogP contribution in [0.1, 0.15) is 0 Å². The van der Waals surface area contributed by atoms with E-state index < -0.39 is 0 Å². The number of hydrogen-bond acceptors (Lipinski definition) is 5. The van der Waals surface area contributed by atoms with Crippen molar-refractivity contribution in [2.45, 2.75) is 0 Å². The maximum Gasteiger partial charge on any atom is 0.178 e. The maximum atomic E-state index is 6.57. The molecule has 6 heteroatoms. The lowest BCUT2D eigenvalue weighted by atomic mass is 9.93. The highest BCUT2D eigenvalue weighted by Gasteiger charge is 2.19. The molecule has 258 valence electrons. The first-order chi connectivity index (χ1) is 27.2. The van der Waals surface area contributed by atoms with Gasteiger partial charge in [0, 0.05) is 43.8 Å². The van der Waals surface area contributed by atoms with Crippen LogP contribution < -0.4 is 0 Å². The normalized spacial score (nSPS) is 11.6. The Morgan fingerprint density at radius 2 is 0.909 bits per heavy atom. The van der Waals surface area contributed by atoms with Crippen molar-refractivity contribution < 1.29 is 8.83 Å². The molecule has 0 saturated heterocycles. The zero-order valence-corrected chi connectivity index (χ0v) is 29.4. The van der Waals surface area contributed by atoms with Gasteiger partial charge in [0.2, 0.25) is 0 Å². The average Bonchev–Trinajstić information content (AvgIpc) is 4.02. The Morgan fingerprint density at radius 1 is 0.400 bits per heavy atom. The van der Waals surface area contributed by atoms with E-state index in [9.17, 15) is 0 Å². The number of imidazole rings is 1. The van der Waals surface area contributed by atoms with Crippen LogP contribution in [0.2, 0.25) is 0 Å². The third kappa shape index (κ3) is 5.31. The molecule has 0 bridgehead atoms. The maximum absolute atomic E-state index is 6.57. The van der Waals surface area contributed by atoms with Gasteiger partial charge in [0.15, 0.2) is 5.82 Å². The minimum atomic E-state index is 0.558. The van der Waals surface area contributed by atoms with Crippen LogP contribution in [-0.4, -0.2) is 19.9 Å². The third-order valence-electron chi connectivity index (χ3n) is 10.4. The lowest BCUT2D eigenvalue weighted by Gasteiger charge is -2.13. The van der Waals surface area contributed by atoms with Crippen molar-refractivity contribution >= 4 is 43.9 Å². The Morgan fingerprint density at radius 3 is 1.51 bits per heavy atom. The van der Waals surface area contributed by atoms with Crippen LogP contribution in [0, 0.1) is 0 Å². The molecule has 1 N–H and O–H groups in total. The van der Waals surface area contributed by atoms with Gasteiger partial charge >= 0.3 is 0 Å². The fourth-order valence-electron chi connectivity index (χ4n) is 7.74. The number of hydrogen-bond donors (Lipinski definition) is 1. The first kappa shape index (κ1) is 31.0. The van der Waals surface area contributed by atoms with E-state index in [0.29, 0.717) is 5.82 Å². The summed E-state index contributed by atoms with van der Waals surface area (Å²) in [5, 5.41) is 4.32. The van der Waals surface area contributed by atoms with E-state index in [0.717, 1.165) is 99.9 Å². The topological polar surface area (TPSA) is 80.7 Å². The van der Waals surface area contributed by atoms with E-state index in [1.807, 2.05) is 30.3 Å². The Balaban J connectivity index is 1.15. The molecule has 0 fully saturated rings. The molecule has 0 aliphatic carbocycles. The van der Waals surface area contributed by atoms with Crippen molar-refractivity contribution in [1.82, 2.24) is 19.9 Å². The highest BCUT2D eigenvalue weighted by Crippen LogP contribution is 2.42. The first-order valence-electron chi connectivity index (χ1n) is 18.2. The molecule has 11 aromatic rings. The molecule has 0 amide bonds. The summed E-state index contributed by atoms with van der Waals surface area (Å²) in [7, 11) is 0. The second kappa shape index (κ2) is 12.5. The molecule has 0 spiro atoms. The summed E-state index contributed by atoms with van der Waals surface area (Å²) in [6.45, 7) is 0. The van der Waals surface area contributed by atoms with Gasteiger partial charge in [-0.05, 0) is 58.7 Å². The summed E-state index contributed by atoms with van der Waals surface area (Å²) < 4.78 is 13.1. The monoisotopic (exact) mass is 706 g/mol. The second-order valence-corrected chi connectivity index (χ2v) is 13.7. The van der Waals surface area contributed by atoms with Crippen molar-refractivity contribution in [3.63, 3.8) is 0 Å². The van der Waals surface area contributed by atoms with Gasteiger partial charge in [-0.2, -0.15) is 0 Å². The van der Waals surface area contributed by atoms with E-state index in [1.165, 1.54) is 5.56 Å². The Labute approximate surface area is 315 Å². The number of nitrogens with zero attached hydrogens (tertiary/aromatic N) is 3. The zero-order valence-electron chi connectivity index (χ0n) is 29.4. The van der Waals surface area contributed by atoms with E-state index in [1.54, 1.807) is 12.5 Å². The molecule has 4 heterocycles. The highest BCUT2D eigenvalue weighted by atomic mass is 16.3. The number of fused-ring (bicyclic) bond motifs is 6. The number of nitrogens with one attached hydrogen (secondary N) is 1. The summed E-state index contributed by atoms with van der Waals surface area (Å²) in [6.07, 6.45) is 3.41. The van der Waals surface area contributed by atoms with Crippen LogP contribution in [0.15, 0.2) is 185 Å². The van der Waals surface area contributed by atoms with Gasteiger partial charge in [0.25, 0.3) is 0 Å². The zero-order chi connectivity index (χ0) is 36.3. The predicted octanol–water partition coefficient (Wildman–Crippen LogP) is 13.0. The Kier molecular flexibility index (Phi) is 7.07. The fourth-order valence-corrected chi connectivity index (χ4v) is 7.74. The van der Waals surface area contributed by atoms with Crippen molar-refractivity contribution in [2.24, 2.45) is 0 Å². The highest BCUT2D eigenvalue weighted by molar-refractivity contribution is 6.11. The van der Waals surface area contributed by atoms with Crippen LogP contribution in [0.25, 0.3) is 111 Å². The summed E-state index contributed by atoms with van der Waals surface area (Å²) in [6, 6.07) is 56.7. The number of H-pyrrole nitrogens is 1. The molecule has 0 aliphatic heterocycles. The fraction of sp³-hybridized carbons (Fsp3) is 0. The van der Waals surface area contributed by atoms with E-state index in [-0.39, 0.29) is 0 Å². The molecule has 0 aliphatic rings. The summed E-state index contributed by atoms with van der Waals surface area (Å²) in [5.41, 5.74) is 13.9. The summed E-state index contributed by atoms with van der Waals surface area (Å²) >= 11 is 0. The molecule has 11 rings (SSSR count).